The Kier molecular flexibility index (Phi) is 4.78. The van der Waals surface area contributed by atoms with Gasteiger partial charge >= 0.3 is 0 Å². The summed E-state index contributed by atoms with van der Waals surface area (Å²) < 4.78 is 5.96. The van der Waals surface area contributed by atoms with Gasteiger partial charge in [0.25, 0.3) is 5.91 Å². The van der Waals surface area contributed by atoms with Crippen molar-refractivity contribution in [1.29, 1.82) is 0 Å². The number of fused-ring (bicyclic) bond motifs is 3. The molecular weight excluding hydrogens is 324 g/mol. The van der Waals surface area contributed by atoms with Gasteiger partial charge in [-0.2, -0.15) is 0 Å². The fraction of sp³-hybridized carbons (Fsp3) is 0.316. The molecule has 0 spiro atoms. The van der Waals surface area contributed by atoms with Gasteiger partial charge in [0.2, 0.25) is 0 Å². The average molecular weight is 345 g/mol. The topological polar surface area (TPSA) is 54.3 Å². The summed E-state index contributed by atoms with van der Waals surface area (Å²) in [6.07, 6.45) is 2.29. The molecular formula is C19H21ClN2O2. The molecule has 0 saturated carbocycles. The number of hydrogen-bond donors (Lipinski definition) is 2. The minimum atomic E-state index is -0.128. The van der Waals surface area contributed by atoms with Crippen molar-refractivity contribution >= 4 is 40.1 Å². The zero-order valence-electron chi connectivity index (χ0n) is 13.6. The zero-order valence-corrected chi connectivity index (χ0v) is 14.4. The van der Waals surface area contributed by atoms with Crippen molar-refractivity contribution in [2.24, 2.45) is 0 Å². The molecule has 3 aromatic rings. The van der Waals surface area contributed by atoms with E-state index in [1.54, 1.807) is 0 Å². The van der Waals surface area contributed by atoms with Crippen molar-refractivity contribution in [2.45, 2.75) is 25.8 Å². The van der Waals surface area contributed by atoms with E-state index in [0.29, 0.717) is 18.3 Å². The van der Waals surface area contributed by atoms with E-state index >= 15 is 0 Å². The molecule has 4 rings (SSSR count). The van der Waals surface area contributed by atoms with Gasteiger partial charge in [-0.25, -0.2) is 0 Å². The van der Waals surface area contributed by atoms with Gasteiger partial charge in [0.15, 0.2) is 5.76 Å². The Morgan fingerprint density at radius 1 is 1.25 bits per heavy atom. The lowest BCUT2D eigenvalue weighted by atomic mass is 10.1. The molecule has 5 heteroatoms. The second kappa shape index (κ2) is 6.83. The van der Waals surface area contributed by atoms with Crippen LogP contribution in [-0.4, -0.2) is 25.0 Å². The largest absolute Gasteiger partial charge is 0.450 e. The lowest BCUT2D eigenvalue weighted by Crippen LogP contribution is -2.37. The fourth-order valence-electron chi connectivity index (χ4n) is 3.39. The number of rotatable bonds is 3. The van der Waals surface area contributed by atoms with E-state index in [1.807, 2.05) is 31.2 Å². The number of amides is 1. The predicted octanol–water partition coefficient (Wildman–Crippen LogP) is 3.80. The highest BCUT2D eigenvalue weighted by molar-refractivity contribution is 6.08. The Morgan fingerprint density at radius 2 is 2.08 bits per heavy atom. The van der Waals surface area contributed by atoms with Gasteiger partial charge in [-0.3, -0.25) is 4.79 Å². The van der Waals surface area contributed by atoms with E-state index < -0.39 is 0 Å². The van der Waals surface area contributed by atoms with E-state index in [0.717, 1.165) is 40.3 Å². The van der Waals surface area contributed by atoms with E-state index in [2.05, 4.69) is 22.8 Å². The third-order valence-electron chi connectivity index (χ3n) is 4.71. The van der Waals surface area contributed by atoms with Gasteiger partial charge < -0.3 is 15.1 Å². The van der Waals surface area contributed by atoms with E-state index in [9.17, 15) is 4.79 Å². The number of benzene rings is 2. The lowest BCUT2D eigenvalue weighted by molar-refractivity contribution is 0.0924. The summed E-state index contributed by atoms with van der Waals surface area (Å²) in [5.74, 6) is 0.297. The van der Waals surface area contributed by atoms with Crippen molar-refractivity contribution in [3.63, 3.8) is 0 Å². The summed E-state index contributed by atoms with van der Waals surface area (Å²) in [5.41, 5.74) is 1.70. The number of furan rings is 1. The summed E-state index contributed by atoms with van der Waals surface area (Å²) in [5, 5.41) is 9.55. The van der Waals surface area contributed by atoms with Crippen LogP contribution in [0.1, 0.15) is 29.0 Å². The van der Waals surface area contributed by atoms with Crippen LogP contribution in [-0.2, 0) is 0 Å². The van der Waals surface area contributed by atoms with Crippen LogP contribution >= 0.6 is 12.4 Å². The maximum atomic E-state index is 12.5. The third kappa shape index (κ3) is 2.87. The fourth-order valence-corrected chi connectivity index (χ4v) is 3.39. The standard InChI is InChI=1S/C19H20N2O2.ClH/c1-12-15-9-8-13-5-2-3-7-16(13)18(15)23-17(12)19(22)21-11-14-6-4-10-20-14;/h2-3,5,7-9,14,20H,4,6,10-11H2,1H3,(H,21,22);1H. The Labute approximate surface area is 147 Å². The molecule has 2 heterocycles. The van der Waals surface area contributed by atoms with Crippen molar-refractivity contribution in [3.05, 3.63) is 47.7 Å². The van der Waals surface area contributed by atoms with Gasteiger partial charge in [-0.1, -0.05) is 36.4 Å². The first-order valence-electron chi connectivity index (χ1n) is 8.16. The smallest absolute Gasteiger partial charge is 0.287 e. The molecule has 1 unspecified atom stereocenters. The molecule has 1 aliphatic heterocycles. The molecule has 126 valence electrons. The van der Waals surface area contributed by atoms with E-state index in [1.165, 1.54) is 6.42 Å². The Morgan fingerprint density at radius 3 is 2.88 bits per heavy atom. The summed E-state index contributed by atoms with van der Waals surface area (Å²) in [6, 6.07) is 12.6. The Bertz CT molecular complexity index is 882. The number of hydrogen-bond acceptors (Lipinski definition) is 3. The molecule has 0 radical (unpaired) electrons. The van der Waals surface area contributed by atoms with Crippen LogP contribution < -0.4 is 10.6 Å². The van der Waals surface area contributed by atoms with Gasteiger partial charge in [0, 0.05) is 28.9 Å². The molecule has 1 aromatic heterocycles. The van der Waals surface area contributed by atoms with Crippen LogP contribution in [0.4, 0.5) is 0 Å². The molecule has 1 saturated heterocycles. The summed E-state index contributed by atoms with van der Waals surface area (Å²) in [7, 11) is 0. The summed E-state index contributed by atoms with van der Waals surface area (Å²) in [4.78, 5) is 12.5. The minimum Gasteiger partial charge on any atom is -0.450 e. The molecule has 1 aliphatic rings. The van der Waals surface area contributed by atoms with Crippen LogP contribution in [0, 0.1) is 6.92 Å². The first-order chi connectivity index (χ1) is 11.2. The van der Waals surface area contributed by atoms with Gasteiger partial charge in [-0.15, -0.1) is 12.4 Å². The van der Waals surface area contributed by atoms with E-state index in [-0.39, 0.29) is 18.3 Å². The quantitative estimate of drug-likeness (QED) is 0.760. The second-order valence-electron chi connectivity index (χ2n) is 6.22. The van der Waals surface area contributed by atoms with Crippen LogP contribution in [0.15, 0.2) is 40.8 Å². The second-order valence-corrected chi connectivity index (χ2v) is 6.22. The highest BCUT2D eigenvalue weighted by Crippen LogP contribution is 2.31. The monoisotopic (exact) mass is 344 g/mol. The van der Waals surface area contributed by atoms with Gasteiger partial charge in [0.1, 0.15) is 5.58 Å². The normalized spacial score (nSPS) is 17.1. The van der Waals surface area contributed by atoms with Crippen LogP contribution in [0.3, 0.4) is 0 Å². The Balaban J connectivity index is 0.00000169. The summed E-state index contributed by atoms with van der Waals surface area (Å²) >= 11 is 0. The number of halogens is 1. The molecule has 4 nitrogen and oxygen atoms in total. The third-order valence-corrected chi connectivity index (χ3v) is 4.71. The predicted molar refractivity (Wildman–Crippen MR) is 99.1 cm³/mol. The number of aryl methyl sites for hydroxylation is 1. The number of carbonyl (C=O) groups is 1. The maximum absolute atomic E-state index is 12.5. The van der Waals surface area contributed by atoms with Crippen molar-refractivity contribution < 1.29 is 9.21 Å². The Hall–Kier alpha value is -2.04. The molecule has 24 heavy (non-hydrogen) atoms. The van der Waals surface area contributed by atoms with Crippen molar-refractivity contribution in [3.8, 4) is 0 Å². The maximum Gasteiger partial charge on any atom is 0.287 e. The van der Waals surface area contributed by atoms with Gasteiger partial charge in [0.05, 0.1) is 0 Å². The number of nitrogens with one attached hydrogen (secondary N) is 2. The first kappa shape index (κ1) is 16.8. The van der Waals surface area contributed by atoms with Gasteiger partial charge in [-0.05, 0) is 31.7 Å². The SMILES string of the molecule is Cc1c(C(=O)NCC2CCCN2)oc2c1ccc1ccccc12.Cl. The van der Waals surface area contributed by atoms with Crippen molar-refractivity contribution in [2.75, 3.05) is 13.1 Å². The van der Waals surface area contributed by atoms with Crippen LogP contribution in [0.2, 0.25) is 0 Å². The summed E-state index contributed by atoms with van der Waals surface area (Å²) in [6.45, 7) is 3.63. The molecule has 2 N–H and O–H groups in total. The lowest BCUT2D eigenvalue weighted by Gasteiger charge is -2.10. The molecule has 1 atom stereocenters. The van der Waals surface area contributed by atoms with Crippen LogP contribution in [0.25, 0.3) is 21.7 Å². The molecule has 1 fully saturated rings. The molecule has 0 aliphatic carbocycles. The first-order valence-corrected chi connectivity index (χ1v) is 8.16. The molecule has 1 amide bonds. The molecule has 0 bridgehead atoms. The zero-order chi connectivity index (χ0) is 15.8. The highest BCUT2D eigenvalue weighted by atomic mass is 35.5. The average Bonchev–Trinajstić information content (AvgIpc) is 3.21. The van der Waals surface area contributed by atoms with E-state index in [4.69, 9.17) is 4.42 Å². The van der Waals surface area contributed by atoms with Crippen LogP contribution in [0.5, 0.6) is 0 Å². The molecule has 2 aromatic carbocycles. The highest BCUT2D eigenvalue weighted by Gasteiger charge is 2.21. The van der Waals surface area contributed by atoms with Crippen molar-refractivity contribution in [1.82, 2.24) is 10.6 Å². The number of carbonyl (C=O) groups excluding carboxylic acids is 1. The minimum absolute atomic E-state index is 0.